The molecule has 0 aromatic heterocycles. The van der Waals surface area contributed by atoms with Gasteiger partial charge in [-0.15, -0.1) is 0 Å². The molecule has 0 aliphatic carbocycles. The number of hydrogen-bond donors (Lipinski definition) is 1. The first-order valence-corrected chi connectivity index (χ1v) is 10.5. The average molecular weight is 417 g/mol. The first kappa shape index (κ1) is 22.1. The van der Waals surface area contributed by atoms with E-state index in [9.17, 15) is 4.79 Å². The van der Waals surface area contributed by atoms with E-state index in [0.29, 0.717) is 18.3 Å². The molecule has 1 amide bonds. The van der Waals surface area contributed by atoms with E-state index < -0.39 is 0 Å². The van der Waals surface area contributed by atoms with Crippen molar-refractivity contribution in [2.45, 2.75) is 32.8 Å². The van der Waals surface area contributed by atoms with E-state index in [2.05, 4.69) is 24.4 Å². The summed E-state index contributed by atoms with van der Waals surface area (Å²) in [4.78, 5) is 11.9. The molecule has 0 saturated heterocycles. The minimum absolute atomic E-state index is 0.0910. The van der Waals surface area contributed by atoms with Crippen LogP contribution in [0.15, 0.2) is 84.0 Å². The Kier molecular flexibility index (Phi) is 8.23. The van der Waals surface area contributed by atoms with Crippen molar-refractivity contribution in [2.75, 3.05) is 6.61 Å². The Morgan fingerprint density at radius 1 is 0.935 bits per heavy atom. The third-order valence-corrected chi connectivity index (χ3v) is 4.96. The van der Waals surface area contributed by atoms with E-state index in [1.165, 1.54) is 5.56 Å². The lowest BCUT2D eigenvalue weighted by molar-refractivity contribution is -0.123. The van der Waals surface area contributed by atoms with E-state index in [-0.39, 0.29) is 12.5 Å². The molecule has 0 aliphatic heterocycles. The first-order valence-electron chi connectivity index (χ1n) is 10.5. The van der Waals surface area contributed by atoms with Gasteiger partial charge in [-0.2, -0.15) is 5.10 Å². The van der Waals surface area contributed by atoms with Crippen LogP contribution in [0.25, 0.3) is 0 Å². The molecule has 0 radical (unpaired) electrons. The maximum atomic E-state index is 11.9. The number of nitrogens with one attached hydrogen (secondary N) is 1. The summed E-state index contributed by atoms with van der Waals surface area (Å²) >= 11 is 0. The Labute approximate surface area is 183 Å². The van der Waals surface area contributed by atoms with Gasteiger partial charge in [-0.25, -0.2) is 5.43 Å². The lowest BCUT2D eigenvalue weighted by atomic mass is 9.99. The smallest absolute Gasteiger partial charge is 0.277 e. The molecule has 3 aromatic rings. The van der Waals surface area contributed by atoms with Crippen LogP contribution < -0.4 is 14.9 Å². The standard InChI is InChI=1S/C26H28N2O3/c1-3-20(2)23-11-15-25(16-12-23)31-19-26(29)28-27-17-21-9-13-24(14-10-21)30-18-22-7-5-4-6-8-22/h4-17,20H,3,18-19H2,1-2H3,(H,28,29)/b27-17+. The van der Waals surface area contributed by atoms with Gasteiger partial charge in [0.15, 0.2) is 6.61 Å². The Balaban J connectivity index is 1.40. The maximum Gasteiger partial charge on any atom is 0.277 e. The number of nitrogens with zero attached hydrogens (tertiary/aromatic N) is 1. The molecule has 0 spiro atoms. The Bertz CT molecular complexity index is 968. The van der Waals surface area contributed by atoms with Gasteiger partial charge in [0.2, 0.25) is 0 Å². The molecule has 3 rings (SSSR count). The van der Waals surface area contributed by atoms with Crippen molar-refractivity contribution in [3.05, 3.63) is 95.6 Å². The van der Waals surface area contributed by atoms with Crippen molar-refractivity contribution in [1.82, 2.24) is 5.43 Å². The van der Waals surface area contributed by atoms with Gasteiger partial charge in [0.1, 0.15) is 18.1 Å². The van der Waals surface area contributed by atoms with Gasteiger partial charge in [-0.05, 0) is 65.4 Å². The predicted molar refractivity (Wildman–Crippen MR) is 124 cm³/mol. The highest BCUT2D eigenvalue weighted by Crippen LogP contribution is 2.21. The number of amides is 1. The fourth-order valence-electron chi connectivity index (χ4n) is 2.88. The van der Waals surface area contributed by atoms with Crippen molar-refractivity contribution < 1.29 is 14.3 Å². The summed E-state index contributed by atoms with van der Waals surface area (Å²) in [5, 5.41) is 3.98. The molecule has 0 heterocycles. The fraction of sp³-hybridized carbons (Fsp3) is 0.231. The molecule has 5 heteroatoms. The van der Waals surface area contributed by atoms with Crippen LogP contribution in [0.2, 0.25) is 0 Å². The van der Waals surface area contributed by atoms with Crippen molar-refractivity contribution in [3.8, 4) is 11.5 Å². The van der Waals surface area contributed by atoms with Crippen molar-refractivity contribution >= 4 is 12.1 Å². The molecule has 5 nitrogen and oxygen atoms in total. The van der Waals surface area contributed by atoms with Gasteiger partial charge in [0, 0.05) is 0 Å². The summed E-state index contributed by atoms with van der Waals surface area (Å²) in [6.07, 6.45) is 2.67. The van der Waals surface area contributed by atoms with Crippen molar-refractivity contribution in [2.24, 2.45) is 5.10 Å². The summed E-state index contributed by atoms with van der Waals surface area (Å²) in [7, 11) is 0. The summed E-state index contributed by atoms with van der Waals surface area (Å²) < 4.78 is 11.3. The Morgan fingerprint density at radius 3 is 2.26 bits per heavy atom. The molecule has 1 N–H and O–H groups in total. The van der Waals surface area contributed by atoms with Gasteiger partial charge in [-0.3, -0.25) is 4.79 Å². The van der Waals surface area contributed by atoms with E-state index >= 15 is 0 Å². The van der Waals surface area contributed by atoms with E-state index in [0.717, 1.165) is 23.3 Å². The van der Waals surface area contributed by atoms with Crippen LogP contribution in [0.3, 0.4) is 0 Å². The second kappa shape index (κ2) is 11.6. The number of benzene rings is 3. The number of carbonyl (C=O) groups excluding carboxylic acids is 1. The first-order chi connectivity index (χ1) is 15.1. The fourth-order valence-corrected chi connectivity index (χ4v) is 2.88. The number of hydrogen-bond acceptors (Lipinski definition) is 4. The van der Waals surface area contributed by atoms with Crippen molar-refractivity contribution in [3.63, 3.8) is 0 Å². The molecule has 0 saturated carbocycles. The number of ether oxygens (including phenoxy) is 2. The SMILES string of the molecule is CCC(C)c1ccc(OCC(=O)N/N=C/c2ccc(OCc3ccccc3)cc2)cc1. The molecule has 160 valence electrons. The summed E-state index contributed by atoms with van der Waals surface area (Å²) in [5.41, 5.74) is 5.71. The topological polar surface area (TPSA) is 59.9 Å². The minimum Gasteiger partial charge on any atom is -0.489 e. The molecule has 0 bridgehead atoms. The average Bonchev–Trinajstić information content (AvgIpc) is 2.82. The monoisotopic (exact) mass is 416 g/mol. The molecular weight excluding hydrogens is 388 g/mol. The normalized spacial score (nSPS) is 11.8. The minimum atomic E-state index is -0.315. The van der Waals surface area contributed by atoms with Crippen molar-refractivity contribution in [1.29, 1.82) is 0 Å². The number of rotatable bonds is 10. The summed E-state index contributed by atoms with van der Waals surface area (Å²) in [5.74, 6) is 1.64. The van der Waals surface area contributed by atoms with Crippen LogP contribution in [0.4, 0.5) is 0 Å². The lowest BCUT2D eigenvalue weighted by Crippen LogP contribution is -2.24. The zero-order chi connectivity index (χ0) is 21.9. The third kappa shape index (κ3) is 7.30. The summed E-state index contributed by atoms with van der Waals surface area (Å²) in [6, 6.07) is 25.4. The predicted octanol–water partition coefficient (Wildman–Crippen LogP) is 5.31. The highest BCUT2D eigenvalue weighted by atomic mass is 16.5. The van der Waals surface area contributed by atoms with Gasteiger partial charge in [-0.1, -0.05) is 56.3 Å². The molecule has 3 aromatic carbocycles. The quantitative estimate of drug-likeness (QED) is 0.360. The largest absolute Gasteiger partial charge is 0.489 e. The van der Waals surface area contributed by atoms with E-state index in [4.69, 9.17) is 9.47 Å². The van der Waals surface area contributed by atoms with Gasteiger partial charge in [0.05, 0.1) is 6.21 Å². The zero-order valence-corrected chi connectivity index (χ0v) is 18.0. The van der Waals surface area contributed by atoms with Crippen LogP contribution in [0, 0.1) is 0 Å². The van der Waals surface area contributed by atoms with E-state index in [1.54, 1.807) is 6.21 Å². The highest BCUT2D eigenvalue weighted by Gasteiger charge is 2.05. The maximum absolute atomic E-state index is 11.9. The molecular formula is C26H28N2O3. The second-order valence-electron chi connectivity index (χ2n) is 7.30. The Morgan fingerprint density at radius 2 is 1.58 bits per heavy atom. The lowest BCUT2D eigenvalue weighted by Gasteiger charge is -2.10. The van der Waals surface area contributed by atoms with Crippen LogP contribution in [-0.2, 0) is 11.4 Å². The van der Waals surface area contributed by atoms with Gasteiger partial charge >= 0.3 is 0 Å². The second-order valence-corrected chi connectivity index (χ2v) is 7.30. The molecule has 1 atom stereocenters. The number of hydrazone groups is 1. The Hall–Kier alpha value is -3.60. The van der Waals surface area contributed by atoms with Crippen LogP contribution in [0.5, 0.6) is 11.5 Å². The molecule has 1 unspecified atom stereocenters. The van der Waals surface area contributed by atoms with Crippen LogP contribution in [0.1, 0.15) is 42.9 Å². The highest BCUT2D eigenvalue weighted by molar-refractivity contribution is 5.83. The van der Waals surface area contributed by atoms with Gasteiger partial charge in [0.25, 0.3) is 5.91 Å². The molecule has 0 aliphatic rings. The van der Waals surface area contributed by atoms with E-state index in [1.807, 2.05) is 78.9 Å². The van der Waals surface area contributed by atoms with Crippen LogP contribution in [-0.4, -0.2) is 18.7 Å². The van der Waals surface area contributed by atoms with Gasteiger partial charge < -0.3 is 9.47 Å². The number of carbonyl (C=O) groups is 1. The summed E-state index contributed by atoms with van der Waals surface area (Å²) in [6.45, 7) is 4.78. The van der Waals surface area contributed by atoms with Crippen LogP contribution >= 0.6 is 0 Å². The molecule has 31 heavy (non-hydrogen) atoms. The zero-order valence-electron chi connectivity index (χ0n) is 18.0. The molecule has 0 fully saturated rings. The third-order valence-electron chi connectivity index (χ3n) is 4.96.